The van der Waals surface area contributed by atoms with Gasteiger partial charge in [-0.15, -0.1) is 0 Å². The van der Waals surface area contributed by atoms with Crippen molar-refractivity contribution in [2.45, 2.75) is 13.3 Å². The van der Waals surface area contributed by atoms with E-state index in [1.165, 1.54) is 0 Å². The Morgan fingerprint density at radius 1 is 1.24 bits per heavy atom. The second-order valence-corrected chi connectivity index (χ2v) is 6.89. The topological polar surface area (TPSA) is 61.8 Å². The number of hydrogen-bond donors (Lipinski definition) is 1. The van der Waals surface area contributed by atoms with Crippen molar-refractivity contribution in [1.82, 2.24) is 5.43 Å². The molecule has 1 fully saturated rings. The van der Waals surface area contributed by atoms with E-state index in [9.17, 15) is 9.59 Å². The lowest BCUT2D eigenvalue weighted by atomic mass is 10.1. The van der Waals surface area contributed by atoms with E-state index in [4.69, 9.17) is 0 Å². The first-order valence-corrected chi connectivity index (χ1v) is 8.78. The number of carbonyl (C=O) groups is 2. The van der Waals surface area contributed by atoms with E-state index in [1.54, 1.807) is 11.1 Å². The van der Waals surface area contributed by atoms with Crippen LogP contribution in [-0.2, 0) is 9.59 Å². The van der Waals surface area contributed by atoms with Gasteiger partial charge in [-0.1, -0.05) is 46.3 Å². The summed E-state index contributed by atoms with van der Waals surface area (Å²) in [4.78, 5) is 26.2. The van der Waals surface area contributed by atoms with E-state index >= 15 is 0 Å². The smallest absolute Gasteiger partial charge is 0.245 e. The molecule has 1 atom stereocenters. The average Bonchev–Trinajstić information content (AvgIpc) is 2.99. The van der Waals surface area contributed by atoms with Gasteiger partial charge in [-0.3, -0.25) is 9.59 Å². The Labute approximate surface area is 154 Å². The van der Waals surface area contributed by atoms with Gasteiger partial charge in [-0.2, -0.15) is 5.10 Å². The average molecular weight is 400 g/mol. The van der Waals surface area contributed by atoms with E-state index in [2.05, 4.69) is 26.5 Å². The summed E-state index contributed by atoms with van der Waals surface area (Å²) in [7, 11) is 0. The van der Waals surface area contributed by atoms with Crippen LogP contribution in [0.5, 0.6) is 0 Å². The summed E-state index contributed by atoms with van der Waals surface area (Å²) in [6.07, 6.45) is 1.79. The van der Waals surface area contributed by atoms with Crippen LogP contribution in [0.15, 0.2) is 58.1 Å². The molecular weight excluding hydrogens is 382 g/mol. The minimum absolute atomic E-state index is 0.0358. The number of nitrogens with one attached hydrogen (secondary N) is 1. The number of anilines is 1. The third-order valence-electron chi connectivity index (χ3n) is 4.16. The normalized spacial score (nSPS) is 17.3. The van der Waals surface area contributed by atoms with E-state index < -0.39 is 5.92 Å². The van der Waals surface area contributed by atoms with Crippen molar-refractivity contribution >= 4 is 39.6 Å². The van der Waals surface area contributed by atoms with Gasteiger partial charge in [-0.05, 0) is 36.2 Å². The molecule has 0 bridgehead atoms. The lowest BCUT2D eigenvalue weighted by Crippen LogP contribution is -2.30. The van der Waals surface area contributed by atoms with Crippen LogP contribution in [0, 0.1) is 12.8 Å². The minimum Gasteiger partial charge on any atom is -0.311 e. The molecule has 0 radical (unpaired) electrons. The Hall–Kier alpha value is -2.47. The van der Waals surface area contributed by atoms with Crippen LogP contribution in [0.1, 0.15) is 17.5 Å². The van der Waals surface area contributed by atoms with E-state index in [1.807, 2.05) is 55.5 Å². The molecule has 1 saturated heterocycles. The highest BCUT2D eigenvalue weighted by molar-refractivity contribution is 9.10. The van der Waals surface area contributed by atoms with Gasteiger partial charge in [-0.25, -0.2) is 5.43 Å². The molecule has 1 aliphatic heterocycles. The molecule has 3 rings (SSSR count). The predicted molar refractivity (Wildman–Crippen MR) is 102 cm³/mol. The molecule has 1 unspecified atom stereocenters. The molecule has 2 aromatic rings. The molecule has 0 aliphatic carbocycles. The molecule has 1 aliphatic rings. The largest absolute Gasteiger partial charge is 0.311 e. The highest BCUT2D eigenvalue weighted by atomic mass is 79.9. The van der Waals surface area contributed by atoms with E-state index in [-0.39, 0.29) is 18.2 Å². The number of hydrogen-bond acceptors (Lipinski definition) is 3. The van der Waals surface area contributed by atoms with E-state index in [0.29, 0.717) is 6.54 Å². The summed E-state index contributed by atoms with van der Waals surface area (Å²) < 4.78 is 0.981. The number of hydrazone groups is 1. The highest BCUT2D eigenvalue weighted by Gasteiger charge is 2.35. The number of rotatable bonds is 4. The van der Waals surface area contributed by atoms with Gasteiger partial charge in [0, 0.05) is 23.1 Å². The number of carbonyl (C=O) groups excluding carboxylic acids is 2. The van der Waals surface area contributed by atoms with Crippen LogP contribution in [0.25, 0.3) is 0 Å². The molecule has 1 N–H and O–H groups in total. The Bertz CT molecular complexity index is 818. The zero-order valence-corrected chi connectivity index (χ0v) is 15.4. The van der Waals surface area contributed by atoms with Crippen LogP contribution in [0.2, 0.25) is 0 Å². The third-order valence-corrected chi connectivity index (χ3v) is 4.69. The summed E-state index contributed by atoms with van der Waals surface area (Å²) in [6, 6.07) is 15.3. The molecule has 2 aromatic carbocycles. The summed E-state index contributed by atoms with van der Waals surface area (Å²) >= 11 is 3.37. The van der Waals surface area contributed by atoms with Crippen LogP contribution < -0.4 is 10.3 Å². The zero-order chi connectivity index (χ0) is 17.8. The van der Waals surface area contributed by atoms with Crippen molar-refractivity contribution in [3.8, 4) is 0 Å². The van der Waals surface area contributed by atoms with Crippen LogP contribution in [0.3, 0.4) is 0 Å². The number of amides is 2. The van der Waals surface area contributed by atoms with Gasteiger partial charge >= 0.3 is 0 Å². The monoisotopic (exact) mass is 399 g/mol. The highest BCUT2D eigenvalue weighted by Crippen LogP contribution is 2.27. The van der Waals surface area contributed by atoms with Gasteiger partial charge < -0.3 is 4.90 Å². The van der Waals surface area contributed by atoms with Crippen molar-refractivity contribution in [3.05, 3.63) is 64.1 Å². The van der Waals surface area contributed by atoms with Gasteiger partial charge in [0.05, 0.1) is 12.1 Å². The lowest BCUT2D eigenvalue weighted by molar-refractivity contribution is -0.126. The maximum absolute atomic E-state index is 12.3. The maximum atomic E-state index is 12.3. The molecular formula is C19H18BrN3O2. The molecule has 2 amide bonds. The van der Waals surface area contributed by atoms with Gasteiger partial charge in [0.1, 0.15) is 0 Å². The number of para-hydroxylation sites is 1. The number of halogens is 1. The molecule has 1 heterocycles. The van der Waals surface area contributed by atoms with Crippen LogP contribution in [-0.4, -0.2) is 24.6 Å². The van der Waals surface area contributed by atoms with Crippen molar-refractivity contribution in [2.75, 3.05) is 11.4 Å². The first kappa shape index (κ1) is 17.4. The first-order valence-electron chi connectivity index (χ1n) is 7.99. The molecule has 0 saturated carbocycles. The quantitative estimate of drug-likeness (QED) is 0.633. The lowest BCUT2D eigenvalue weighted by Gasteiger charge is -2.18. The Morgan fingerprint density at radius 3 is 2.68 bits per heavy atom. The Balaban J connectivity index is 1.61. The Morgan fingerprint density at radius 2 is 1.96 bits per heavy atom. The van der Waals surface area contributed by atoms with Crippen molar-refractivity contribution in [1.29, 1.82) is 0 Å². The molecule has 5 nitrogen and oxygen atoms in total. The third kappa shape index (κ3) is 4.14. The van der Waals surface area contributed by atoms with Crippen LogP contribution >= 0.6 is 15.9 Å². The van der Waals surface area contributed by atoms with Gasteiger partial charge in [0.15, 0.2) is 0 Å². The van der Waals surface area contributed by atoms with Gasteiger partial charge in [0.25, 0.3) is 0 Å². The summed E-state index contributed by atoms with van der Waals surface area (Å²) in [5.74, 6) is -0.668. The fourth-order valence-electron chi connectivity index (χ4n) is 2.79. The maximum Gasteiger partial charge on any atom is 0.245 e. The van der Waals surface area contributed by atoms with Crippen molar-refractivity contribution < 1.29 is 9.59 Å². The summed E-state index contributed by atoms with van der Waals surface area (Å²) in [5.41, 5.74) is 5.30. The molecule has 6 heteroatoms. The standard InChI is InChI=1S/C19H18BrN3O2/c1-13-4-2-3-5-17(13)23-12-15(10-18(23)24)19(25)22-21-11-14-6-8-16(20)9-7-14/h2-9,11,15H,10,12H2,1H3,(H,22,25)/b21-11+. The summed E-state index contributed by atoms with van der Waals surface area (Å²) in [6.45, 7) is 2.34. The van der Waals surface area contributed by atoms with Crippen molar-refractivity contribution in [3.63, 3.8) is 0 Å². The fraction of sp³-hybridized carbons (Fsp3) is 0.211. The summed E-state index contributed by atoms with van der Waals surface area (Å²) in [5, 5.41) is 3.99. The minimum atomic E-state index is -0.394. The predicted octanol–water partition coefficient (Wildman–Crippen LogP) is 3.26. The fourth-order valence-corrected chi connectivity index (χ4v) is 3.06. The molecule has 0 spiro atoms. The molecule has 128 valence electrons. The first-order chi connectivity index (χ1) is 12.0. The second kappa shape index (κ2) is 7.61. The van der Waals surface area contributed by atoms with Crippen LogP contribution in [0.4, 0.5) is 5.69 Å². The number of benzene rings is 2. The molecule has 25 heavy (non-hydrogen) atoms. The van der Waals surface area contributed by atoms with Crippen molar-refractivity contribution in [2.24, 2.45) is 11.0 Å². The Kier molecular flexibility index (Phi) is 5.28. The number of aryl methyl sites for hydroxylation is 1. The SMILES string of the molecule is Cc1ccccc1N1CC(C(=O)N/N=C/c2ccc(Br)cc2)CC1=O. The molecule has 0 aromatic heterocycles. The van der Waals surface area contributed by atoms with Gasteiger partial charge in [0.2, 0.25) is 11.8 Å². The zero-order valence-electron chi connectivity index (χ0n) is 13.8. The number of nitrogens with zero attached hydrogens (tertiary/aromatic N) is 2. The van der Waals surface area contributed by atoms with E-state index in [0.717, 1.165) is 21.3 Å². The second-order valence-electron chi connectivity index (χ2n) is 5.98.